The van der Waals surface area contributed by atoms with Gasteiger partial charge in [-0.25, -0.2) is 0 Å². The van der Waals surface area contributed by atoms with E-state index in [2.05, 4.69) is 13.8 Å². The van der Waals surface area contributed by atoms with Crippen LogP contribution in [0.3, 0.4) is 0 Å². The Morgan fingerprint density at radius 1 is 1.04 bits per heavy atom. The van der Waals surface area contributed by atoms with Crippen molar-refractivity contribution in [2.45, 2.75) is 77.7 Å². The molecule has 0 bridgehead atoms. The van der Waals surface area contributed by atoms with Gasteiger partial charge in [0.2, 0.25) is 0 Å². The molecule has 0 unspecified atom stereocenters. The monoisotopic (exact) mass is 332 g/mol. The number of allylic oxidation sites excluding steroid dienone is 1. The Balaban J connectivity index is 1.67. The van der Waals surface area contributed by atoms with Gasteiger partial charge in [-0.1, -0.05) is 13.8 Å². The quantitative estimate of drug-likeness (QED) is 0.510. The molecule has 4 saturated carbocycles. The third-order valence-electron chi connectivity index (χ3n) is 9.14. The molecule has 0 aliphatic heterocycles. The van der Waals surface area contributed by atoms with Crippen LogP contribution in [0, 0.1) is 34.5 Å². The number of aliphatic hydroxyl groups is 2. The number of aliphatic hydroxyl groups excluding tert-OH is 1. The normalized spacial score (nSPS) is 55.8. The molecule has 0 saturated heterocycles. The van der Waals surface area contributed by atoms with Crippen LogP contribution in [0.5, 0.6) is 0 Å². The number of carbonyl (C=O) groups excluding carboxylic acids is 1. The Bertz CT molecular complexity index is 592. The Morgan fingerprint density at radius 3 is 2.46 bits per heavy atom. The largest absolute Gasteiger partial charge is 0.515 e. The number of fused-ring (bicyclic) bond motifs is 5. The average Bonchev–Trinajstić information content (AvgIpc) is 2.77. The lowest BCUT2D eigenvalue weighted by Crippen LogP contribution is -2.56. The molecule has 3 nitrogen and oxygen atoms in total. The lowest BCUT2D eigenvalue weighted by Gasteiger charge is -2.61. The van der Waals surface area contributed by atoms with E-state index in [1.54, 1.807) is 0 Å². The van der Waals surface area contributed by atoms with Crippen molar-refractivity contribution in [3.8, 4) is 0 Å². The van der Waals surface area contributed by atoms with Crippen molar-refractivity contribution in [1.82, 2.24) is 0 Å². The third kappa shape index (κ3) is 1.97. The molecule has 0 heterocycles. The molecular weight excluding hydrogens is 300 g/mol. The number of ketones is 1. The summed E-state index contributed by atoms with van der Waals surface area (Å²) in [7, 11) is 0. The van der Waals surface area contributed by atoms with Crippen LogP contribution in [-0.4, -0.2) is 21.6 Å². The molecule has 0 aromatic rings. The highest BCUT2D eigenvalue weighted by Gasteiger charge is 2.63. The van der Waals surface area contributed by atoms with Crippen molar-refractivity contribution in [2.75, 3.05) is 0 Å². The summed E-state index contributed by atoms with van der Waals surface area (Å²) in [6.07, 6.45) is 9.11. The molecule has 134 valence electrons. The van der Waals surface area contributed by atoms with Gasteiger partial charge in [0, 0.05) is 12.0 Å². The topological polar surface area (TPSA) is 57.5 Å². The Morgan fingerprint density at radius 2 is 1.75 bits per heavy atom. The van der Waals surface area contributed by atoms with Crippen LogP contribution in [0.1, 0.15) is 72.1 Å². The maximum Gasteiger partial charge on any atom is 0.162 e. The smallest absolute Gasteiger partial charge is 0.162 e. The minimum Gasteiger partial charge on any atom is -0.515 e. The Kier molecular flexibility index (Phi) is 3.53. The van der Waals surface area contributed by atoms with E-state index in [1.165, 1.54) is 6.42 Å². The van der Waals surface area contributed by atoms with E-state index in [1.807, 2.05) is 6.92 Å². The molecule has 24 heavy (non-hydrogen) atoms. The van der Waals surface area contributed by atoms with Gasteiger partial charge in [0.25, 0.3) is 0 Å². The van der Waals surface area contributed by atoms with Gasteiger partial charge in [0.1, 0.15) is 0 Å². The van der Waals surface area contributed by atoms with Crippen molar-refractivity contribution in [3.63, 3.8) is 0 Å². The highest BCUT2D eigenvalue weighted by molar-refractivity contribution is 5.96. The maximum atomic E-state index is 12.2. The summed E-state index contributed by atoms with van der Waals surface area (Å²) in [5.41, 5.74) is 0.304. The van der Waals surface area contributed by atoms with Gasteiger partial charge >= 0.3 is 0 Å². The fourth-order valence-electron chi connectivity index (χ4n) is 7.37. The van der Waals surface area contributed by atoms with Gasteiger partial charge in [-0.15, -0.1) is 0 Å². The SMILES string of the molecule is C[C@@]12C/C(=C/O)C(=O)C[C@H]1CC[C@H]1[C@H]2CC[C@]2(C)[C@@H]1CC[C@@]2(C)O. The third-order valence-corrected chi connectivity index (χ3v) is 9.14. The van der Waals surface area contributed by atoms with Crippen LogP contribution in [0.2, 0.25) is 0 Å². The van der Waals surface area contributed by atoms with Crippen molar-refractivity contribution in [1.29, 1.82) is 0 Å². The molecular formula is C21H32O3. The highest BCUT2D eigenvalue weighted by atomic mass is 16.3. The molecule has 0 amide bonds. The molecule has 4 aliphatic rings. The number of Topliss-reactive ketones (excluding diaryl/α,β-unsaturated/α-hetero) is 1. The zero-order valence-electron chi connectivity index (χ0n) is 15.3. The number of carbonyl (C=O) groups is 1. The van der Waals surface area contributed by atoms with Crippen molar-refractivity contribution >= 4 is 5.78 Å². The highest BCUT2D eigenvalue weighted by Crippen LogP contribution is 2.68. The zero-order valence-corrected chi connectivity index (χ0v) is 15.3. The standard InChI is InChI=1S/C21H32O3/c1-19-11-13(12-22)18(23)10-14(19)4-5-15-16(19)6-8-20(2)17(15)7-9-21(20,3)24/h12,14-17,22,24H,4-11H2,1-3H3/b13-12-/t14-,15+,16-,17-,19-,20-,21-/m1/s1. The summed E-state index contributed by atoms with van der Waals surface area (Å²) >= 11 is 0. The number of rotatable bonds is 0. The lowest BCUT2D eigenvalue weighted by atomic mass is 9.44. The summed E-state index contributed by atoms with van der Waals surface area (Å²) in [6.45, 7) is 6.74. The number of hydrogen-bond acceptors (Lipinski definition) is 3. The zero-order chi connectivity index (χ0) is 17.3. The minimum absolute atomic E-state index is 0.0531. The van der Waals surface area contributed by atoms with Crippen LogP contribution in [0.15, 0.2) is 11.8 Å². The molecule has 0 spiro atoms. The molecule has 4 aliphatic carbocycles. The van der Waals surface area contributed by atoms with Crippen LogP contribution >= 0.6 is 0 Å². The Hall–Kier alpha value is -0.830. The molecule has 4 rings (SSSR count). The second-order valence-corrected chi connectivity index (χ2v) is 9.88. The van der Waals surface area contributed by atoms with Gasteiger partial charge < -0.3 is 10.2 Å². The van der Waals surface area contributed by atoms with E-state index in [0.717, 1.165) is 44.8 Å². The van der Waals surface area contributed by atoms with E-state index in [4.69, 9.17) is 0 Å². The predicted molar refractivity (Wildman–Crippen MR) is 93.5 cm³/mol. The van der Waals surface area contributed by atoms with E-state index < -0.39 is 5.60 Å². The first-order valence-corrected chi connectivity index (χ1v) is 9.82. The van der Waals surface area contributed by atoms with Gasteiger partial charge in [-0.05, 0) is 86.4 Å². The summed E-state index contributed by atoms with van der Waals surface area (Å²) in [6, 6.07) is 0. The second-order valence-electron chi connectivity index (χ2n) is 9.88. The van der Waals surface area contributed by atoms with Gasteiger partial charge in [-0.3, -0.25) is 4.79 Å². The maximum absolute atomic E-state index is 12.2. The first kappa shape index (κ1) is 16.6. The van der Waals surface area contributed by atoms with E-state index in [9.17, 15) is 15.0 Å². The summed E-state index contributed by atoms with van der Waals surface area (Å²) < 4.78 is 0. The van der Waals surface area contributed by atoms with E-state index in [0.29, 0.717) is 35.7 Å². The molecule has 2 N–H and O–H groups in total. The molecule has 0 radical (unpaired) electrons. The fraction of sp³-hybridized carbons (Fsp3) is 0.857. The average molecular weight is 332 g/mol. The van der Waals surface area contributed by atoms with E-state index >= 15 is 0 Å². The molecule has 4 fully saturated rings. The van der Waals surface area contributed by atoms with Crippen LogP contribution in [-0.2, 0) is 4.79 Å². The predicted octanol–water partition coefficient (Wildman–Crippen LogP) is 4.40. The van der Waals surface area contributed by atoms with Gasteiger partial charge in [0.05, 0.1) is 11.9 Å². The minimum atomic E-state index is -0.529. The number of hydrogen-bond donors (Lipinski definition) is 2. The molecule has 0 aromatic heterocycles. The van der Waals surface area contributed by atoms with Gasteiger partial charge in [-0.2, -0.15) is 0 Å². The van der Waals surface area contributed by atoms with Crippen LogP contribution < -0.4 is 0 Å². The summed E-state index contributed by atoms with van der Waals surface area (Å²) in [4.78, 5) is 12.2. The summed E-state index contributed by atoms with van der Waals surface area (Å²) in [5, 5.41) is 20.5. The summed E-state index contributed by atoms with van der Waals surface area (Å²) in [5.74, 6) is 2.55. The molecule has 0 aromatic carbocycles. The van der Waals surface area contributed by atoms with E-state index in [-0.39, 0.29) is 16.6 Å². The van der Waals surface area contributed by atoms with Crippen molar-refractivity contribution in [3.05, 3.63) is 11.8 Å². The Labute approximate surface area is 145 Å². The molecule has 3 heteroatoms. The first-order chi connectivity index (χ1) is 11.2. The van der Waals surface area contributed by atoms with Crippen LogP contribution in [0.4, 0.5) is 0 Å². The van der Waals surface area contributed by atoms with Gasteiger partial charge in [0.15, 0.2) is 5.78 Å². The van der Waals surface area contributed by atoms with Crippen LogP contribution in [0.25, 0.3) is 0 Å². The second kappa shape index (κ2) is 5.09. The fourth-order valence-corrected chi connectivity index (χ4v) is 7.37. The molecule has 7 atom stereocenters. The first-order valence-electron chi connectivity index (χ1n) is 9.82. The lowest BCUT2D eigenvalue weighted by molar-refractivity contribution is -0.147. The van der Waals surface area contributed by atoms with Crippen molar-refractivity contribution < 1.29 is 15.0 Å². The van der Waals surface area contributed by atoms with Crippen molar-refractivity contribution in [2.24, 2.45) is 34.5 Å².